The number of benzene rings is 1. The summed E-state index contributed by atoms with van der Waals surface area (Å²) in [5.74, 6) is -0.00840. The standard InChI is InChI=1S/C13H18BrNOS/c1-9-5-6-10(14)7-11(9)12(16)15-8-13(2,3)17-4/h5-7H,8H2,1-4H3,(H,15,16). The van der Waals surface area contributed by atoms with Gasteiger partial charge in [-0.3, -0.25) is 4.79 Å². The van der Waals surface area contributed by atoms with E-state index in [1.165, 1.54) is 0 Å². The number of amides is 1. The maximum atomic E-state index is 12.0. The number of nitrogens with one attached hydrogen (secondary N) is 1. The van der Waals surface area contributed by atoms with Gasteiger partial charge in [-0.25, -0.2) is 0 Å². The first kappa shape index (κ1) is 14.6. The first-order chi connectivity index (χ1) is 7.85. The summed E-state index contributed by atoms with van der Waals surface area (Å²) in [5, 5.41) is 2.98. The maximum Gasteiger partial charge on any atom is 0.251 e. The van der Waals surface area contributed by atoms with Crippen molar-refractivity contribution in [3.8, 4) is 0 Å². The minimum absolute atomic E-state index is 0.00840. The number of aryl methyl sites for hydroxylation is 1. The summed E-state index contributed by atoms with van der Waals surface area (Å²) in [7, 11) is 0. The summed E-state index contributed by atoms with van der Waals surface area (Å²) in [5.41, 5.74) is 1.73. The quantitative estimate of drug-likeness (QED) is 0.919. The third-order valence-corrected chi connectivity index (χ3v) is 4.41. The van der Waals surface area contributed by atoms with Crippen LogP contribution in [0.3, 0.4) is 0 Å². The number of hydrogen-bond acceptors (Lipinski definition) is 2. The van der Waals surface area contributed by atoms with Crippen molar-refractivity contribution in [3.05, 3.63) is 33.8 Å². The predicted molar refractivity (Wildman–Crippen MR) is 78.8 cm³/mol. The Morgan fingerprint density at radius 2 is 2.12 bits per heavy atom. The Bertz CT molecular complexity index is 418. The van der Waals surface area contributed by atoms with Crippen LogP contribution in [-0.2, 0) is 0 Å². The topological polar surface area (TPSA) is 29.1 Å². The molecule has 2 nitrogen and oxygen atoms in total. The van der Waals surface area contributed by atoms with Gasteiger partial charge in [0.2, 0.25) is 0 Å². The molecule has 0 spiro atoms. The largest absolute Gasteiger partial charge is 0.351 e. The SMILES string of the molecule is CSC(C)(C)CNC(=O)c1cc(Br)ccc1C. The van der Waals surface area contributed by atoms with Gasteiger partial charge in [-0.2, -0.15) is 11.8 Å². The van der Waals surface area contributed by atoms with Gasteiger partial charge in [-0.1, -0.05) is 22.0 Å². The highest BCUT2D eigenvalue weighted by Gasteiger charge is 2.18. The molecule has 0 aliphatic heterocycles. The molecule has 0 bridgehead atoms. The van der Waals surface area contributed by atoms with Gasteiger partial charge in [0.15, 0.2) is 0 Å². The Kier molecular flexibility index (Phi) is 5.07. The van der Waals surface area contributed by atoms with E-state index < -0.39 is 0 Å². The zero-order valence-corrected chi connectivity index (χ0v) is 13.0. The van der Waals surface area contributed by atoms with E-state index in [0.717, 1.165) is 15.6 Å². The van der Waals surface area contributed by atoms with Crippen LogP contribution < -0.4 is 5.32 Å². The number of thioether (sulfide) groups is 1. The van der Waals surface area contributed by atoms with E-state index in [9.17, 15) is 4.79 Å². The van der Waals surface area contributed by atoms with Crippen LogP contribution in [0.15, 0.2) is 22.7 Å². The van der Waals surface area contributed by atoms with Gasteiger partial charge in [-0.05, 0) is 44.7 Å². The van der Waals surface area contributed by atoms with Crippen LogP contribution in [0.4, 0.5) is 0 Å². The van der Waals surface area contributed by atoms with Crippen molar-refractivity contribution in [3.63, 3.8) is 0 Å². The van der Waals surface area contributed by atoms with Crippen LogP contribution in [-0.4, -0.2) is 23.5 Å². The second-order valence-corrected chi connectivity index (χ2v) is 7.03. The van der Waals surface area contributed by atoms with Crippen LogP contribution in [0.5, 0.6) is 0 Å². The Balaban J connectivity index is 2.74. The summed E-state index contributed by atoms with van der Waals surface area (Å²) < 4.78 is 0.993. The molecular formula is C13H18BrNOS. The molecule has 0 aromatic heterocycles. The van der Waals surface area contributed by atoms with E-state index in [0.29, 0.717) is 6.54 Å². The molecule has 1 aromatic rings. The van der Waals surface area contributed by atoms with Crippen molar-refractivity contribution < 1.29 is 4.79 Å². The average molecular weight is 316 g/mol. The Morgan fingerprint density at radius 1 is 1.47 bits per heavy atom. The molecule has 0 heterocycles. The molecule has 1 rings (SSSR count). The fourth-order valence-corrected chi connectivity index (χ4v) is 1.88. The van der Waals surface area contributed by atoms with Crippen LogP contribution in [0, 0.1) is 6.92 Å². The lowest BCUT2D eigenvalue weighted by Crippen LogP contribution is -2.36. The minimum atomic E-state index is -0.00840. The highest BCUT2D eigenvalue weighted by molar-refractivity contribution is 9.10. The fourth-order valence-electron chi connectivity index (χ4n) is 1.30. The molecular weight excluding hydrogens is 298 g/mol. The van der Waals surface area contributed by atoms with E-state index in [1.54, 1.807) is 11.8 Å². The van der Waals surface area contributed by atoms with E-state index >= 15 is 0 Å². The highest BCUT2D eigenvalue weighted by Crippen LogP contribution is 2.20. The fraction of sp³-hybridized carbons (Fsp3) is 0.462. The third-order valence-electron chi connectivity index (χ3n) is 2.67. The molecule has 0 saturated heterocycles. The Labute approximate surface area is 116 Å². The van der Waals surface area contributed by atoms with Gasteiger partial charge in [-0.15, -0.1) is 0 Å². The molecule has 17 heavy (non-hydrogen) atoms. The molecule has 0 radical (unpaired) electrons. The van der Waals surface area contributed by atoms with Crippen LogP contribution in [0.25, 0.3) is 0 Å². The van der Waals surface area contributed by atoms with Gasteiger partial charge in [0.25, 0.3) is 5.91 Å². The summed E-state index contributed by atoms with van der Waals surface area (Å²) in [6.07, 6.45) is 2.05. The molecule has 0 aliphatic rings. The van der Waals surface area contributed by atoms with Crippen LogP contribution >= 0.6 is 27.7 Å². The van der Waals surface area contributed by atoms with Gasteiger partial charge >= 0.3 is 0 Å². The van der Waals surface area contributed by atoms with Crippen molar-refractivity contribution >= 4 is 33.6 Å². The average Bonchev–Trinajstić information content (AvgIpc) is 2.29. The number of carbonyl (C=O) groups is 1. The zero-order valence-electron chi connectivity index (χ0n) is 10.6. The first-order valence-corrected chi connectivity index (χ1v) is 7.47. The van der Waals surface area contributed by atoms with E-state index in [1.807, 2.05) is 25.1 Å². The zero-order chi connectivity index (χ0) is 13.1. The first-order valence-electron chi connectivity index (χ1n) is 5.45. The summed E-state index contributed by atoms with van der Waals surface area (Å²) >= 11 is 5.13. The lowest BCUT2D eigenvalue weighted by atomic mass is 10.1. The highest BCUT2D eigenvalue weighted by atomic mass is 79.9. The number of carbonyl (C=O) groups excluding carboxylic acids is 1. The number of hydrogen-bond donors (Lipinski definition) is 1. The number of rotatable bonds is 4. The van der Waals surface area contributed by atoms with Gasteiger partial charge in [0.1, 0.15) is 0 Å². The monoisotopic (exact) mass is 315 g/mol. The van der Waals surface area contributed by atoms with Gasteiger partial charge in [0, 0.05) is 21.3 Å². The third kappa shape index (κ3) is 4.36. The van der Waals surface area contributed by atoms with Gasteiger partial charge < -0.3 is 5.32 Å². The molecule has 0 saturated carbocycles. The Hall–Kier alpha value is -0.480. The molecule has 1 amide bonds. The number of halogens is 1. The van der Waals surface area contributed by atoms with E-state index in [4.69, 9.17) is 0 Å². The van der Waals surface area contributed by atoms with Crippen molar-refractivity contribution in [2.75, 3.05) is 12.8 Å². The Morgan fingerprint density at radius 3 is 2.71 bits per heavy atom. The molecule has 0 unspecified atom stereocenters. The van der Waals surface area contributed by atoms with Crippen LogP contribution in [0.2, 0.25) is 0 Å². The van der Waals surface area contributed by atoms with E-state index in [2.05, 4.69) is 41.3 Å². The van der Waals surface area contributed by atoms with Crippen LogP contribution in [0.1, 0.15) is 29.8 Å². The second-order valence-electron chi connectivity index (χ2n) is 4.61. The minimum Gasteiger partial charge on any atom is -0.351 e. The molecule has 1 aromatic carbocycles. The summed E-state index contributed by atoms with van der Waals surface area (Å²) in [6, 6.07) is 5.74. The summed E-state index contributed by atoms with van der Waals surface area (Å²) in [6.45, 7) is 6.84. The molecule has 0 fully saturated rings. The molecule has 94 valence electrons. The summed E-state index contributed by atoms with van der Waals surface area (Å²) in [4.78, 5) is 12.0. The van der Waals surface area contributed by atoms with Crippen molar-refractivity contribution in [2.45, 2.75) is 25.5 Å². The van der Waals surface area contributed by atoms with Crippen molar-refractivity contribution in [1.82, 2.24) is 5.32 Å². The molecule has 4 heteroatoms. The molecule has 0 aliphatic carbocycles. The van der Waals surface area contributed by atoms with Crippen molar-refractivity contribution in [2.24, 2.45) is 0 Å². The maximum absolute atomic E-state index is 12.0. The van der Waals surface area contributed by atoms with Gasteiger partial charge in [0.05, 0.1) is 0 Å². The van der Waals surface area contributed by atoms with E-state index in [-0.39, 0.29) is 10.7 Å². The normalized spacial score (nSPS) is 11.4. The smallest absolute Gasteiger partial charge is 0.251 e. The lowest BCUT2D eigenvalue weighted by Gasteiger charge is -2.22. The van der Waals surface area contributed by atoms with Crippen molar-refractivity contribution in [1.29, 1.82) is 0 Å². The second kappa shape index (κ2) is 5.91. The lowest BCUT2D eigenvalue weighted by molar-refractivity contribution is 0.0950. The molecule has 0 atom stereocenters. The predicted octanol–water partition coefficient (Wildman–Crippen LogP) is 3.63. The molecule has 1 N–H and O–H groups in total.